The van der Waals surface area contributed by atoms with E-state index in [1.807, 2.05) is 4.90 Å². The first kappa shape index (κ1) is 18.5. The van der Waals surface area contributed by atoms with E-state index >= 15 is 0 Å². The molecule has 1 saturated heterocycles. The molecule has 0 radical (unpaired) electrons. The van der Waals surface area contributed by atoms with Crippen LogP contribution in [0.3, 0.4) is 0 Å². The number of halogens is 2. The number of anilines is 1. The van der Waals surface area contributed by atoms with Gasteiger partial charge in [0, 0.05) is 19.2 Å². The molecule has 0 unspecified atom stereocenters. The van der Waals surface area contributed by atoms with Crippen LogP contribution in [0, 0.1) is 0 Å². The summed E-state index contributed by atoms with van der Waals surface area (Å²) in [7, 11) is 0. The van der Waals surface area contributed by atoms with E-state index in [0.29, 0.717) is 21.3 Å². The van der Waals surface area contributed by atoms with Crippen molar-refractivity contribution in [2.75, 3.05) is 18.4 Å². The number of para-hydroxylation sites is 1. The number of hydrogen-bond acceptors (Lipinski definition) is 2. The quantitative estimate of drug-likeness (QED) is 0.758. The third kappa shape index (κ3) is 4.45. The summed E-state index contributed by atoms with van der Waals surface area (Å²) in [6.45, 7) is 1.52. The second-order valence-corrected chi connectivity index (χ2v) is 6.86. The molecule has 0 aromatic heterocycles. The van der Waals surface area contributed by atoms with Gasteiger partial charge in [0.15, 0.2) is 0 Å². The van der Waals surface area contributed by atoms with Gasteiger partial charge in [-0.3, -0.25) is 9.59 Å². The van der Waals surface area contributed by atoms with Crippen molar-refractivity contribution in [3.8, 4) is 0 Å². The highest BCUT2D eigenvalue weighted by Crippen LogP contribution is 2.23. The number of likely N-dealkylation sites (tertiary alicyclic amines) is 1. The lowest BCUT2D eigenvalue weighted by Crippen LogP contribution is -2.28. The highest BCUT2D eigenvalue weighted by molar-refractivity contribution is 6.42. The van der Waals surface area contributed by atoms with E-state index in [-0.39, 0.29) is 11.8 Å². The van der Waals surface area contributed by atoms with Gasteiger partial charge in [0.05, 0.1) is 21.3 Å². The Balaban J connectivity index is 1.72. The first-order valence-corrected chi connectivity index (χ1v) is 9.12. The fraction of sp³-hybridized carbons (Fsp3) is 0.200. The van der Waals surface area contributed by atoms with Gasteiger partial charge in [0.1, 0.15) is 0 Å². The van der Waals surface area contributed by atoms with Gasteiger partial charge in [-0.1, -0.05) is 41.4 Å². The molecule has 0 atom stereocenters. The monoisotopic (exact) mass is 388 g/mol. The van der Waals surface area contributed by atoms with Crippen molar-refractivity contribution >= 4 is 46.8 Å². The lowest BCUT2D eigenvalue weighted by Gasteiger charge is -2.17. The third-order valence-electron chi connectivity index (χ3n) is 4.18. The summed E-state index contributed by atoms with van der Waals surface area (Å²) in [6.07, 6.45) is 5.08. The molecule has 6 heteroatoms. The first-order chi connectivity index (χ1) is 12.5. The number of hydrogen-bond donors (Lipinski definition) is 1. The van der Waals surface area contributed by atoms with E-state index in [1.54, 1.807) is 48.5 Å². The summed E-state index contributed by atoms with van der Waals surface area (Å²) in [6, 6.07) is 12.2. The average Bonchev–Trinajstić information content (AvgIpc) is 3.17. The molecule has 2 aromatic carbocycles. The van der Waals surface area contributed by atoms with Gasteiger partial charge in [-0.05, 0) is 48.7 Å². The molecule has 0 aliphatic carbocycles. The Morgan fingerprint density at radius 3 is 2.46 bits per heavy atom. The zero-order valence-electron chi connectivity index (χ0n) is 14.0. The van der Waals surface area contributed by atoms with Crippen molar-refractivity contribution < 1.29 is 9.59 Å². The molecule has 1 aliphatic heterocycles. The van der Waals surface area contributed by atoms with E-state index in [1.165, 1.54) is 6.08 Å². The third-order valence-corrected chi connectivity index (χ3v) is 4.92. The second kappa shape index (κ2) is 8.39. The Morgan fingerprint density at radius 2 is 1.73 bits per heavy atom. The van der Waals surface area contributed by atoms with Crippen LogP contribution in [0.2, 0.25) is 10.0 Å². The summed E-state index contributed by atoms with van der Waals surface area (Å²) in [5.74, 6) is -0.371. The molecule has 0 bridgehead atoms. The number of rotatable bonds is 4. The fourth-order valence-electron chi connectivity index (χ4n) is 2.83. The van der Waals surface area contributed by atoms with Crippen LogP contribution in [0.5, 0.6) is 0 Å². The molecule has 3 rings (SSSR count). The van der Waals surface area contributed by atoms with Crippen molar-refractivity contribution in [1.82, 2.24) is 4.90 Å². The normalized spacial score (nSPS) is 14.0. The van der Waals surface area contributed by atoms with Gasteiger partial charge in [0.25, 0.3) is 5.91 Å². The summed E-state index contributed by atoms with van der Waals surface area (Å²) in [5.41, 5.74) is 1.77. The number of benzene rings is 2. The van der Waals surface area contributed by atoms with Crippen molar-refractivity contribution in [3.05, 3.63) is 69.7 Å². The van der Waals surface area contributed by atoms with Gasteiger partial charge < -0.3 is 10.2 Å². The molecule has 1 heterocycles. The van der Waals surface area contributed by atoms with Crippen molar-refractivity contribution in [3.63, 3.8) is 0 Å². The minimum absolute atomic E-state index is 0.0492. The zero-order valence-corrected chi connectivity index (χ0v) is 15.6. The first-order valence-electron chi connectivity index (χ1n) is 8.37. The highest BCUT2D eigenvalue weighted by Gasteiger charge is 2.21. The average molecular weight is 389 g/mol. The van der Waals surface area contributed by atoms with Crippen molar-refractivity contribution in [1.29, 1.82) is 0 Å². The Labute approximate surface area is 162 Å². The molecular formula is C20H18Cl2N2O2. The highest BCUT2D eigenvalue weighted by atomic mass is 35.5. The van der Waals surface area contributed by atoms with E-state index in [0.717, 1.165) is 31.5 Å². The SMILES string of the molecule is O=C(/C=C/c1ccc(Cl)c(Cl)c1)Nc1ccccc1C(=O)N1CCCC1. The fourth-order valence-corrected chi connectivity index (χ4v) is 3.14. The standard InChI is InChI=1S/C20H18Cl2N2O2/c21-16-9-7-14(13-17(16)22)8-10-19(25)23-18-6-2-1-5-15(18)20(26)24-11-3-4-12-24/h1-2,5-10,13H,3-4,11-12H2,(H,23,25)/b10-8+. The maximum absolute atomic E-state index is 12.6. The molecule has 26 heavy (non-hydrogen) atoms. The number of carbonyl (C=O) groups excluding carboxylic acids is 2. The molecule has 2 amide bonds. The van der Waals surface area contributed by atoms with Crippen molar-refractivity contribution in [2.45, 2.75) is 12.8 Å². The minimum atomic E-state index is -0.322. The summed E-state index contributed by atoms with van der Waals surface area (Å²) < 4.78 is 0. The second-order valence-electron chi connectivity index (χ2n) is 6.04. The lowest BCUT2D eigenvalue weighted by atomic mass is 10.1. The minimum Gasteiger partial charge on any atom is -0.339 e. The van der Waals surface area contributed by atoms with Crippen LogP contribution in [-0.2, 0) is 4.79 Å². The predicted molar refractivity (Wildman–Crippen MR) is 106 cm³/mol. The largest absolute Gasteiger partial charge is 0.339 e. The van der Waals surface area contributed by atoms with E-state index in [2.05, 4.69) is 5.32 Å². The van der Waals surface area contributed by atoms with Crippen LogP contribution < -0.4 is 5.32 Å². The van der Waals surface area contributed by atoms with Crippen LogP contribution in [0.1, 0.15) is 28.8 Å². The van der Waals surface area contributed by atoms with Gasteiger partial charge >= 0.3 is 0 Å². The van der Waals surface area contributed by atoms with Gasteiger partial charge in [-0.25, -0.2) is 0 Å². The topological polar surface area (TPSA) is 49.4 Å². The number of nitrogens with one attached hydrogen (secondary N) is 1. The Hall–Kier alpha value is -2.30. The molecule has 1 N–H and O–H groups in total. The van der Waals surface area contributed by atoms with Gasteiger partial charge in [-0.2, -0.15) is 0 Å². The number of amides is 2. The molecule has 134 valence electrons. The van der Waals surface area contributed by atoms with E-state index < -0.39 is 0 Å². The van der Waals surface area contributed by atoms with Crippen LogP contribution in [0.15, 0.2) is 48.5 Å². The molecular weight excluding hydrogens is 371 g/mol. The molecule has 4 nitrogen and oxygen atoms in total. The summed E-state index contributed by atoms with van der Waals surface area (Å²) >= 11 is 11.8. The Morgan fingerprint density at radius 1 is 1.00 bits per heavy atom. The number of carbonyl (C=O) groups is 2. The smallest absolute Gasteiger partial charge is 0.255 e. The van der Waals surface area contributed by atoms with Gasteiger partial charge in [0.2, 0.25) is 5.91 Å². The zero-order chi connectivity index (χ0) is 18.5. The van der Waals surface area contributed by atoms with Gasteiger partial charge in [-0.15, -0.1) is 0 Å². The van der Waals surface area contributed by atoms with Crippen molar-refractivity contribution in [2.24, 2.45) is 0 Å². The molecule has 0 saturated carbocycles. The molecule has 0 spiro atoms. The Bertz CT molecular complexity index is 859. The maximum Gasteiger partial charge on any atom is 0.255 e. The summed E-state index contributed by atoms with van der Waals surface area (Å²) in [5, 5.41) is 3.67. The molecule has 2 aromatic rings. The molecule has 1 fully saturated rings. The summed E-state index contributed by atoms with van der Waals surface area (Å²) in [4.78, 5) is 26.7. The Kier molecular flexibility index (Phi) is 5.96. The lowest BCUT2D eigenvalue weighted by molar-refractivity contribution is -0.111. The van der Waals surface area contributed by atoms with Crippen LogP contribution in [0.25, 0.3) is 6.08 Å². The number of nitrogens with zero attached hydrogens (tertiary/aromatic N) is 1. The van der Waals surface area contributed by atoms with E-state index in [9.17, 15) is 9.59 Å². The molecule has 1 aliphatic rings. The van der Waals surface area contributed by atoms with Crippen LogP contribution in [0.4, 0.5) is 5.69 Å². The van der Waals surface area contributed by atoms with Crippen LogP contribution >= 0.6 is 23.2 Å². The van der Waals surface area contributed by atoms with Crippen LogP contribution in [-0.4, -0.2) is 29.8 Å². The van der Waals surface area contributed by atoms with E-state index in [4.69, 9.17) is 23.2 Å². The maximum atomic E-state index is 12.6. The predicted octanol–water partition coefficient (Wildman–Crippen LogP) is 4.88.